The minimum atomic E-state index is -0.130. The lowest BCUT2D eigenvalue weighted by Crippen LogP contribution is -2.14. The third-order valence-electron chi connectivity index (χ3n) is 2.24. The molecular formula is C12H15N3O. The molecule has 1 atom stereocenters. The molecule has 2 N–H and O–H groups in total. The average Bonchev–Trinajstić information content (AvgIpc) is 2.76. The van der Waals surface area contributed by atoms with Crippen LogP contribution < -0.4 is 10.5 Å². The fourth-order valence-electron chi connectivity index (χ4n) is 1.36. The molecule has 0 aliphatic heterocycles. The summed E-state index contributed by atoms with van der Waals surface area (Å²) in [6.07, 6.45) is 3.34. The summed E-state index contributed by atoms with van der Waals surface area (Å²) in [6, 6.07) is 10.0. The molecule has 0 radical (unpaired) electrons. The van der Waals surface area contributed by atoms with E-state index in [1.807, 2.05) is 37.3 Å². The summed E-state index contributed by atoms with van der Waals surface area (Å²) in [6.45, 7) is 2.42. The monoisotopic (exact) mass is 217 g/mol. The molecular weight excluding hydrogens is 202 g/mol. The second kappa shape index (κ2) is 4.81. The quantitative estimate of drug-likeness (QED) is 0.851. The van der Waals surface area contributed by atoms with Gasteiger partial charge in [0.25, 0.3) is 0 Å². The second-order valence-electron chi connectivity index (χ2n) is 3.67. The maximum atomic E-state index is 5.68. The van der Waals surface area contributed by atoms with Crippen LogP contribution in [0.1, 0.15) is 18.7 Å². The Morgan fingerprint density at radius 2 is 2.12 bits per heavy atom. The van der Waals surface area contributed by atoms with Crippen LogP contribution in [0.5, 0.6) is 5.75 Å². The Morgan fingerprint density at radius 3 is 2.75 bits per heavy atom. The van der Waals surface area contributed by atoms with Gasteiger partial charge in [0.15, 0.2) is 5.75 Å². The van der Waals surface area contributed by atoms with Crippen LogP contribution in [0, 0.1) is 0 Å². The molecule has 0 aliphatic carbocycles. The third kappa shape index (κ3) is 2.61. The fourth-order valence-corrected chi connectivity index (χ4v) is 1.36. The predicted octanol–water partition coefficient (Wildman–Crippen LogP) is 1.94. The molecule has 2 rings (SSSR count). The third-order valence-corrected chi connectivity index (χ3v) is 2.24. The van der Waals surface area contributed by atoms with Gasteiger partial charge < -0.3 is 10.5 Å². The first-order valence-corrected chi connectivity index (χ1v) is 5.22. The van der Waals surface area contributed by atoms with Gasteiger partial charge in [-0.05, 0) is 12.5 Å². The summed E-state index contributed by atoms with van der Waals surface area (Å²) in [5, 5.41) is 4.09. The number of hydrogen-bond donors (Lipinski definition) is 1. The van der Waals surface area contributed by atoms with Gasteiger partial charge in [0, 0.05) is 0 Å². The standard InChI is InChI=1S/C12H15N3O/c1-10(13)15-8-12(7-14-15)16-9-11-5-3-2-4-6-11/h2-8,10H,9,13H2,1H3. The normalized spacial score (nSPS) is 12.4. The summed E-state index contributed by atoms with van der Waals surface area (Å²) >= 11 is 0. The van der Waals surface area contributed by atoms with Crippen molar-refractivity contribution in [3.05, 3.63) is 48.3 Å². The highest BCUT2D eigenvalue weighted by atomic mass is 16.5. The Balaban J connectivity index is 1.95. The fraction of sp³-hybridized carbons (Fsp3) is 0.250. The average molecular weight is 217 g/mol. The van der Waals surface area contributed by atoms with E-state index >= 15 is 0 Å². The lowest BCUT2D eigenvalue weighted by atomic mass is 10.2. The van der Waals surface area contributed by atoms with Crippen molar-refractivity contribution in [2.45, 2.75) is 19.7 Å². The van der Waals surface area contributed by atoms with Gasteiger partial charge in [-0.2, -0.15) is 5.10 Å². The lowest BCUT2D eigenvalue weighted by molar-refractivity contribution is 0.305. The maximum absolute atomic E-state index is 5.68. The lowest BCUT2D eigenvalue weighted by Gasteiger charge is -2.04. The zero-order valence-corrected chi connectivity index (χ0v) is 9.21. The van der Waals surface area contributed by atoms with Gasteiger partial charge in [-0.15, -0.1) is 0 Å². The van der Waals surface area contributed by atoms with E-state index < -0.39 is 0 Å². The van der Waals surface area contributed by atoms with Crippen molar-refractivity contribution < 1.29 is 4.74 Å². The molecule has 2 aromatic rings. The largest absolute Gasteiger partial charge is 0.486 e. The van der Waals surface area contributed by atoms with E-state index in [2.05, 4.69) is 5.10 Å². The van der Waals surface area contributed by atoms with Crippen LogP contribution in [-0.2, 0) is 6.61 Å². The van der Waals surface area contributed by atoms with Gasteiger partial charge in [0.2, 0.25) is 0 Å². The summed E-state index contributed by atoms with van der Waals surface area (Å²) < 4.78 is 7.25. The maximum Gasteiger partial charge on any atom is 0.157 e. The van der Waals surface area contributed by atoms with Crippen molar-refractivity contribution in [2.24, 2.45) is 5.73 Å². The van der Waals surface area contributed by atoms with Crippen LogP contribution >= 0.6 is 0 Å². The van der Waals surface area contributed by atoms with Gasteiger partial charge in [-0.25, -0.2) is 0 Å². The minimum Gasteiger partial charge on any atom is -0.486 e. The van der Waals surface area contributed by atoms with E-state index in [4.69, 9.17) is 10.5 Å². The van der Waals surface area contributed by atoms with Crippen molar-refractivity contribution in [1.82, 2.24) is 9.78 Å². The van der Waals surface area contributed by atoms with Crippen molar-refractivity contribution >= 4 is 0 Å². The Bertz CT molecular complexity index is 437. The van der Waals surface area contributed by atoms with Gasteiger partial charge in [-0.3, -0.25) is 4.68 Å². The summed E-state index contributed by atoms with van der Waals surface area (Å²) in [5.41, 5.74) is 6.81. The molecule has 4 heteroatoms. The van der Waals surface area contributed by atoms with Crippen molar-refractivity contribution in [2.75, 3.05) is 0 Å². The van der Waals surface area contributed by atoms with E-state index in [1.165, 1.54) is 0 Å². The smallest absolute Gasteiger partial charge is 0.157 e. The van der Waals surface area contributed by atoms with Crippen LogP contribution in [0.2, 0.25) is 0 Å². The summed E-state index contributed by atoms with van der Waals surface area (Å²) in [5.74, 6) is 0.737. The number of ether oxygens (including phenoxy) is 1. The highest BCUT2D eigenvalue weighted by Gasteiger charge is 2.02. The number of nitrogens with zero attached hydrogens (tertiary/aromatic N) is 2. The summed E-state index contributed by atoms with van der Waals surface area (Å²) in [4.78, 5) is 0. The molecule has 0 fully saturated rings. The Morgan fingerprint density at radius 1 is 1.38 bits per heavy atom. The van der Waals surface area contributed by atoms with Crippen molar-refractivity contribution in [3.8, 4) is 5.75 Å². The zero-order chi connectivity index (χ0) is 11.4. The highest BCUT2D eigenvalue weighted by Crippen LogP contribution is 2.12. The molecule has 84 valence electrons. The first-order chi connectivity index (χ1) is 7.75. The Labute approximate surface area is 94.6 Å². The van der Waals surface area contributed by atoms with Crippen molar-refractivity contribution in [1.29, 1.82) is 0 Å². The van der Waals surface area contributed by atoms with E-state index in [0.717, 1.165) is 11.3 Å². The van der Waals surface area contributed by atoms with Crippen molar-refractivity contribution in [3.63, 3.8) is 0 Å². The molecule has 0 aliphatic rings. The molecule has 1 aromatic carbocycles. The van der Waals surface area contributed by atoms with Gasteiger partial charge in [0.05, 0.1) is 18.6 Å². The molecule has 1 unspecified atom stereocenters. The molecule has 1 aromatic heterocycles. The van der Waals surface area contributed by atoms with E-state index in [9.17, 15) is 0 Å². The molecule has 4 nitrogen and oxygen atoms in total. The number of rotatable bonds is 4. The second-order valence-corrected chi connectivity index (χ2v) is 3.67. The highest BCUT2D eigenvalue weighted by molar-refractivity contribution is 5.17. The number of benzene rings is 1. The van der Waals surface area contributed by atoms with Crippen LogP contribution in [0.4, 0.5) is 0 Å². The number of nitrogens with two attached hydrogens (primary N) is 1. The zero-order valence-electron chi connectivity index (χ0n) is 9.21. The predicted molar refractivity (Wildman–Crippen MR) is 61.9 cm³/mol. The van der Waals surface area contributed by atoms with Crippen LogP contribution in [0.3, 0.4) is 0 Å². The Hall–Kier alpha value is -1.81. The molecule has 0 saturated carbocycles. The molecule has 0 spiro atoms. The van der Waals surface area contributed by atoms with E-state index in [0.29, 0.717) is 6.61 Å². The number of aromatic nitrogens is 2. The first-order valence-electron chi connectivity index (χ1n) is 5.22. The molecule has 0 bridgehead atoms. The van der Waals surface area contributed by atoms with Crippen LogP contribution in [-0.4, -0.2) is 9.78 Å². The van der Waals surface area contributed by atoms with E-state index in [1.54, 1.807) is 17.1 Å². The van der Waals surface area contributed by atoms with Crippen LogP contribution in [0.15, 0.2) is 42.7 Å². The van der Waals surface area contributed by atoms with E-state index in [-0.39, 0.29) is 6.17 Å². The Kier molecular flexibility index (Phi) is 3.22. The first kappa shape index (κ1) is 10.7. The topological polar surface area (TPSA) is 53.1 Å². The SMILES string of the molecule is CC(N)n1cc(OCc2ccccc2)cn1. The number of hydrogen-bond acceptors (Lipinski definition) is 3. The molecule has 0 saturated heterocycles. The summed E-state index contributed by atoms with van der Waals surface area (Å²) in [7, 11) is 0. The molecule has 16 heavy (non-hydrogen) atoms. The van der Waals surface area contributed by atoms with Gasteiger partial charge in [0.1, 0.15) is 6.61 Å². The molecule has 0 amide bonds. The van der Waals surface area contributed by atoms with Gasteiger partial charge in [-0.1, -0.05) is 30.3 Å². The minimum absolute atomic E-state index is 0.130. The molecule has 1 heterocycles. The van der Waals surface area contributed by atoms with Crippen LogP contribution in [0.25, 0.3) is 0 Å². The van der Waals surface area contributed by atoms with Gasteiger partial charge >= 0.3 is 0 Å².